The van der Waals surface area contributed by atoms with Gasteiger partial charge in [-0.2, -0.15) is 0 Å². The van der Waals surface area contributed by atoms with E-state index < -0.39 is 0 Å². The Morgan fingerprint density at radius 1 is 1.07 bits per heavy atom. The normalized spacial score (nSPS) is 11.4. The van der Waals surface area contributed by atoms with E-state index in [4.69, 9.17) is 4.98 Å². The average Bonchev–Trinajstić information content (AvgIpc) is 3.14. The summed E-state index contributed by atoms with van der Waals surface area (Å²) in [4.78, 5) is 25.5. The fourth-order valence-electron chi connectivity index (χ4n) is 3.15. The van der Waals surface area contributed by atoms with Crippen LogP contribution < -0.4 is 5.56 Å². The fraction of sp³-hybridized carbons (Fsp3) is 0.182. The third kappa shape index (κ3) is 4.19. The van der Waals surface area contributed by atoms with Crippen molar-refractivity contribution >= 4 is 33.3 Å². The zero-order valence-corrected chi connectivity index (χ0v) is 17.4. The van der Waals surface area contributed by atoms with Gasteiger partial charge in [0.2, 0.25) is 0 Å². The zero-order valence-electron chi connectivity index (χ0n) is 15.8. The zero-order chi connectivity index (χ0) is 19.5. The molecule has 0 bridgehead atoms. The summed E-state index contributed by atoms with van der Waals surface area (Å²) in [7, 11) is 2.04. The first kappa shape index (κ1) is 18.9. The van der Waals surface area contributed by atoms with E-state index in [1.807, 2.05) is 31.3 Å². The van der Waals surface area contributed by atoms with E-state index in [2.05, 4.69) is 52.5 Å². The molecule has 0 radical (unpaired) electrons. The summed E-state index contributed by atoms with van der Waals surface area (Å²) in [5, 5.41) is 0.655. The number of aromatic nitrogens is 2. The van der Waals surface area contributed by atoms with Crippen LogP contribution in [0.4, 0.5) is 0 Å². The van der Waals surface area contributed by atoms with Gasteiger partial charge in [-0.3, -0.25) is 9.69 Å². The molecule has 142 valence electrons. The molecule has 0 aliphatic carbocycles. The number of fused-ring (bicyclic) bond motifs is 1. The molecule has 28 heavy (non-hydrogen) atoms. The second-order valence-corrected chi connectivity index (χ2v) is 8.64. The topological polar surface area (TPSA) is 49.0 Å². The van der Waals surface area contributed by atoms with Gasteiger partial charge in [0.25, 0.3) is 5.56 Å². The molecular weight excluding hydrogens is 386 g/mol. The lowest BCUT2D eigenvalue weighted by Gasteiger charge is -2.16. The lowest BCUT2D eigenvalue weighted by molar-refractivity contribution is 0.310. The Morgan fingerprint density at radius 2 is 1.82 bits per heavy atom. The SMILES string of the molecule is CSc1ccc(CN(C)Cc2nc3sc(-c4ccccc4)cc3c(=O)[nH]2)cc1. The second-order valence-electron chi connectivity index (χ2n) is 6.73. The summed E-state index contributed by atoms with van der Waals surface area (Å²) >= 11 is 3.30. The van der Waals surface area contributed by atoms with Gasteiger partial charge in [0, 0.05) is 16.3 Å². The van der Waals surface area contributed by atoms with Gasteiger partial charge in [-0.25, -0.2) is 4.98 Å². The smallest absolute Gasteiger partial charge is 0.259 e. The number of nitrogens with one attached hydrogen (secondary N) is 1. The van der Waals surface area contributed by atoms with E-state index in [-0.39, 0.29) is 5.56 Å². The maximum absolute atomic E-state index is 12.5. The van der Waals surface area contributed by atoms with E-state index in [0.717, 1.165) is 21.8 Å². The molecular formula is C22H21N3OS2. The first-order valence-corrected chi connectivity index (χ1v) is 11.1. The van der Waals surface area contributed by atoms with Gasteiger partial charge in [0.15, 0.2) is 0 Å². The van der Waals surface area contributed by atoms with Crippen LogP contribution in [0.15, 0.2) is 70.4 Å². The Balaban J connectivity index is 1.54. The van der Waals surface area contributed by atoms with Crippen molar-refractivity contribution in [1.82, 2.24) is 14.9 Å². The highest BCUT2D eigenvalue weighted by atomic mass is 32.2. The molecule has 0 amide bonds. The molecule has 0 aliphatic rings. The van der Waals surface area contributed by atoms with Crippen molar-refractivity contribution in [3.8, 4) is 10.4 Å². The molecule has 2 heterocycles. The molecule has 0 aliphatic heterocycles. The van der Waals surface area contributed by atoms with E-state index in [1.54, 1.807) is 23.1 Å². The van der Waals surface area contributed by atoms with Crippen LogP contribution in [-0.2, 0) is 13.1 Å². The van der Waals surface area contributed by atoms with Gasteiger partial charge in [0.05, 0.1) is 11.9 Å². The molecule has 2 aromatic carbocycles. The average molecular weight is 408 g/mol. The van der Waals surface area contributed by atoms with Gasteiger partial charge in [0.1, 0.15) is 10.7 Å². The van der Waals surface area contributed by atoms with Crippen LogP contribution in [0.5, 0.6) is 0 Å². The van der Waals surface area contributed by atoms with Gasteiger partial charge >= 0.3 is 0 Å². The van der Waals surface area contributed by atoms with E-state index in [0.29, 0.717) is 17.8 Å². The summed E-state index contributed by atoms with van der Waals surface area (Å²) in [5.41, 5.74) is 2.28. The first-order valence-electron chi connectivity index (χ1n) is 9.02. The van der Waals surface area contributed by atoms with E-state index >= 15 is 0 Å². The van der Waals surface area contributed by atoms with E-state index in [9.17, 15) is 4.79 Å². The molecule has 0 fully saturated rings. The Kier molecular flexibility index (Phi) is 5.62. The Bertz CT molecular complexity index is 1130. The van der Waals surface area contributed by atoms with Gasteiger partial charge in [-0.1, -0.05) is 42.5 Å². The van der Waals surface area contributed by atoms with Crippen molar-refractivity contribution < 1.29 is 0 Å². The highest BCUT2D eigenvalue weighted by Crippen LogP contribution is 2.30. The van der Waals surface area contributed by atoms with Crippen molar-refractivity contribution in [2.45, 2.75) is 18.0 Å². The predicted octanol–water partition coefficient (Wildman–Crippen LogP) is 5.01. The summed E-state index contributed by atoms with van der Waals surface area (Å²) in [6.07, 6.45) is 2.08. The van der Waals surface area contributed by atoms with Gasteiger partial charge in [-0.15, -0.1) is 23.1 Å². The van der Waals surface area contributed by atoms with Crippen LogP contribution in [0, 0.1) is 0 Å². The van der Waals surface area contributed by atoms with Crippen molar-refractivity contribution in [3.05, 3.63) is 82.4 Å². The Hall–Kier alpha value is -2.41. The highest BCUT2D eigenvalue weighted by Gasteiger charge is 2.11. The summed E-state index contributed by atoms with van der Waals surface area (Å²) < 4.78 is 0. The number of thiophene rings is 1. The van der Waals surface area contributed by atoms with Crippen LogP contribution in [0.2, 0.25) is 0 Å². The molecule has 4 nitrogen and oxygen atoms in total. The number of nitrogens with zero attached hydrogens (tertiary/aromatic N) is 2. The molecule has 0 unspecified atom stereocenters. The largest absolute Gasteiger partial charge is 0.309 e. The number of hydrogen-bond donors (Lipinski definition) is 1. The number of thioether (sulfide) groups is 1. The first-order chi connectivity index (χ1) is 13.6. The highest BCUT2D eigenvalue weighted by molar-refractivity contribution is 7.98. The van der Waals surface area contributed by atoms with Crippen LogP contribution in [0.25, 0.3) is 20.7 Å². The quantitative estimate of drug-likeness (QED) is 0.457. The van der Waals surface area contributed by atoms with Crippen LogP contribution in [0.3, 0.4) is 0 Å². The molecule has 1 N–H and O–H groups in total. The minimum atomic E-state index is -0.0730. The molecule has 0 spiro atoms. The number of aromatic amines is 1. The molecule has 2 aromatic heterocycles. The Labute approximate surface area is 172 Å². The van der Waals surface area contributed by atoms with Crippen molar-refractivity contribution in [1.29, 1.82) is 0 Å². The standard InChI is InChI=1S/C22H21N3OS2/c1-25(13-15-8-10-17(27-2)11-9-15)14-20-23-21(26)18-12-19(28-22(18)24-20)16-6-4-3-5-7-16/h3-12H,13-14H2,1-2H3,(H,23,24,26). The van der Waals surface area contributed by atoms with Crippen molar-refractivity contribution in [2.24, 2.45) is 0 Å². The maximum Gasteiger partial charge on any atom is 0.259 e. The summed E-state index contributed by atoms with van der Waals surface area (Å²) in [5.74, 6) is 0.696. The maximum atomic E-state index is 12.5. The summed E-state index contributed by atoms with van der Waals surface area (Å²) in [6, 6.07) is 20.6. The van der Waals surface area contributed by atoms with Gasteiger partial charge < -0.3 is 4.98 Å². The minimum Gasteiger partial charge on any atom is -0.309 e. The number of rotatable bonds is 6. The second kappa shape index (κ2) is 8.31. The molecule has 0 saturated carbocycles. The van der Waals surface area contributed by atoms with E-state index in [1.165, 1.54) is 10.5 Å². The number of H-pyrrole nitrogens is 1. The van der Waals surface area contributed by atoms with Crippen LogP contribution >= 0.6 is 23.1 Å². The summed E-state index contributed by atoms with van der Waals surface area (Å²) in [6.45, 7) is 1.39. The molecule has 6 heteroatoms. The third-order valence-electron chi connectivity index (χ3n) is 4.54. The van der Waals surface area contributed by atoms with Crippen molar-refractivity contribution in [2.75, 3.05) is 13.3 Å². The molecule has 0 atom stereocenters. The Morgan fingerprint density at radius 3 is 2.54 bits per heavy atom. The lowest BCUT2D eigenvalue weighted by Crippen LogP contribution is -2.21. The van der Waals surface area contributed by atoms with Gasteiger partial charge in [-0.05, 0) is 42.6 Å². The van der Waals surface area contributed by atoms with Crippen LogP contribution in [0.1, 0.15) is 11.4 Å². The number of benzene rings is 2. The van der Waals surface area contributed by atoms with Crippen LogP contribution in [-0.4, -0.2) is 28.2 Å². The molecule has 4 rings (SSSR count). The monoisotopic (exact) mass is 407 g/mol. The third-order valence-corrected chi connectivity index (χ3v) is 6.36. The minimum absolute atomic E-state index is 0.0730. The lowest BCUT2D eigenvalue weighted by atomic mass is 10.2. The molecule has 0 saturated heterocycles. The predicted molar refractivity (Wildman–Crippen MR) is 119 cm³/mol. The fourth-order valence-corrected chi connectivity index (χ4v) is 4.61. The number of hydrogen-bond acceptors (Lipinski definition) is 5. The molecule has 4 aromatic rings. The van der Waals surface area contributed by atoms with Crippen molar-refractivity contribution in [3.63, 3.8) is 0 Å².